The second-order valence-corrected chi connectivity index (χ2v) is 13.6. The summed E-state index contributed by atoms with van der Waals surface area (Å²) in [5.41, 5.74) is 2.71. The number of imide groups is 1. The maximum absolute atomic E-state index is 13.2. The summed E-state index contributed by atoms with van der Waals surface area (Å²) in [6.45, 7) is 1.75. The number of amides is 6. The Morgan fingerprint density at radius 1 is 1.04 bits per heavy atom. The first kappa shape index (κ1) is 35.3. The van der Waals surface area contributed by atoms with E-state index >= 15 is 0 Å². The lowest BCUT2D eigenvalue weighted by Crippen LogP contribution is -2.55. The number of fused-ring (bicyclic) bond motifs is 2. The Bertz CT molecular complexity index is 2010. The Kier molecular flexibility index (Phi) is 9.68. The number of carbonyl (C=O) groups excluding carboxylic acids is 6. The fourth-order valence-electron chi connectivity index (χ4n) is 7.66. The van der Waals surface area contributed by atoms with Crippen LogP contribution in [0.15, 0.2) is 42.6 Å². The highest BCUT2D eigenvalue weighted by Crippen LogP contribution is 2.40. The van der Waals surface area contributed by atoms with Crippen molar-refractivity contribution in [3.63, 3.8) is 0 Å². The number of ether oxygens (including phenoxy) is 1. The SMILES string of the molecule is CC[C@@H]1C(=O)N(C)c2cnc(Nc3ccc(C(=O)NCC(=O)Nc4cccc5c4CN(C4CCC(=O)NC4=O)C5=O)cc3OC)nc2N1C1CCCC1. The molecular weight excluding hydrogens is 682 g/mol. The van der Waals surface area contributed by atoms with Crippen LogP contribution in [-0.4, -0.2) is 89.1 Å². The fraction of sp³-hybridized carbons (Fsp3) is 0.405. The van der Waals surface area contributed by atoms with Gasteiger partial charge < -0.3 is 35.4 Å². The molecule has 16 nitrogen and oxygen atoms in total. The van der Waals surface area contributed by atoms with Crippen molar-refractivity contribution in [2.45, 2.75) is 76.5 Å². The second kappa shape index (κ2) is 14.5. The Morgan fingerprint density at radius 2 is 1.83 bits per heavy atom. The maximum Gasteiger partial charge on any atom is 0.255 e. The predicted octanol–water partition coefficient (Wildman–Crippen LogP) is 2.86. The largest absolute Gasteiger partial charge is 0.495 e. The van der Waals surface area contributed by atoms with E-state index in [-0.39, 0.29) is 61.3 Å². The van der Waals surface area contributed by atoms with Gasteiger partial charge in [0.15, 0.2) is 5.82 Å². The normalized spacial score (nSPS) is 19.9. The van der Waals surface area contributed by atoms with Crippen LogP contribution in [0.4, 0.5) is 28.8 Å². The van der Waals surface area contributed by atoms with Gasteiger partial charge in [0.05, 0.1) is 25.5 Å². The summed E-state index contributed by atoms with van der Waals surface area (Å²) < 4.78 is 5.60. The lowest BCUT2D eigenvalue weighted by molar-refractivity contribution is -0.137. The number of nitrogens with one attached hydrogen (secondary N) is 4. The Morgan fingerprint density at radius 3 is 2.57 bits per heavy atom. The number of rotatable bonds is 10. The molecule has 2 atom stereocenters. The van der Waals surface area contributed by atoms with Crippen molar-refractivity contribution in [1.29, 1.82) is 0 Å². The van der Waals surface area contributed by atoms with Crippen LogP contribution in [0, 0.1) is 0 Å². The number of aromatic nitrogens is 2. The molecule has 7 rings (SSSR count). The molecule has 1 saturated carbocycles. The van der Waals surface area contributed by atoms with E-state index in [9.17, 15) is 28.8 Å². The van der Waals surface area contributed by atoms with Gasteiger partial charge in [0.25, 0.3) is 11.8 Å². The van der Waals surface area contributed by atoms with Crippen molar-refractivity contribution in [2.24, 2.45) is 0 Å². The molecule has 0 spiro atoms. The molecule has 276 valence electrons. The van der Waals surface area contributed by atoms with Crippen LogP contribution in [0.3, 0.4) is 0 Å². The highest BCUT2D eigenvalue weighted by Gasteiger charge is 2.42. The van der Waals surface area contributed by atoms with Crippen molar-refractivity contribution in [3.8, 4) is 5.75 Å². The highest BCUT2D eigenvalue weighted by atomic mass is 16.5. The van der Waals surface area contributed by atoms with Crippen LogP contribution in [-0.2, 0) is 25.7 Å². The van der Waals surface area contributed by atoms with Gasteiger partial charge in [-0.1, -0.05) is 25.8 Å². The molecule has 2 fully saturated rings. The number of nitrogens with zero attached hydrogens (tertiary/aromatic N) is 5. The molecule has 1 aromatic heterocycles. The van der Waals surface area contributed by atoms with Crippen LogP contribution >= 0.6 is 0 Å². The summed E-state index contributed by atoms with van der Waals surface area (Å²) in [4.78, 5) is 91.1. The Balaban J connectivity index is 1.00. The molecule has 3 aliphatic heterocycles. The summed E-state index contributed by atoms with van der Waals surface area (Å²) in [5, 5.41) is 10.9. The van der Waals surface area contributed by atoms with E-state index in [1.807, 2.05) is 6.92 Å². The fourth-order valence-corrected chi connectivity index (χ4v) is 7.66. The first-order valence-corrected chi connectivity index (χ1v) is 17.8. The van der Waals surface area contributed by atoms with Gasteiger partial charge in [-0.25, -0.2) is 4.98 Å². The zero-order valence-corrected chi connectivity index (χ0v) is 29.7. The van der Waals surface area contributed by atoms with Crippen molar-refractivity contribution in [3.05, 3.63) is 59.3 Å². The van der Waals surface area contributed by atoms with Gasteiger partial charge in [-0.3, -0.25) is 34.1 Å². The van der Waals surface area contributed by atoms with E-state index in [0.29, 0.717) is 52.1 Å². The second-order valence-electron chi connectivity index (χ2n) is 13.6. The quantitative estimate of drug-likeness (QED) is 0.225. The number of piperidine rings is 1. The molecule has 4 heterocycles. The van der Waals surface area contributed by atoms with Gasteiger partial charge in [-0.2, -0.15) is 4.98 Å². The Labute approximate surface area is 305 Å². The lowest BCUT2D eigenvalue weighted by Gasteiger charge is -2.43. The molecule has 4 N–H and O–H groups in total. The topological polar surface area (TPSA) is 195 Å². The molecule has 0 radical (unpaired) electrons. The van der Waals surface area contributed by atoms with Gasteiger partial charge in [-0.15, -0.1) is 0 Å². The molecule has 4 aliphatic rings. The summed E-state index contributed by atoms with van der Waals surface area (Å²) in [6, 6.07) is 8.82. The van der Waals surface area contributed by atoms with Crippen molar-refractivity contribution < 1.29 is 33.5 Å². The molecule has 2 aromatic carbocycles. The zero-order valence-electron chi connectivity index (χ0n) is 29.7. The van der Waals surface area contributed by atoms with Gasteiger partial charge in [0.2, 0.25) is 29.6 Å². The van der Waals surface area contributed by atoms with E-state index in [1.54, 1.807) is 48.5 Å². The number of anilines is 5. The number of benzene rings is 2. The monoisotopic (exact) mass is 723 g/mol. The number of methoxy groups -OCH3 is 1. The van der Waals surface area contributed by atoms with Crippen molar-refractivity contribution in [2.75, 3.05) is 41.1 Å². The minimum Gasteiger partial charge on any atom is -0.495 e. The molecule has 3 aromatic rings. The summed E-state index contributed by atoms with van der Waals surface area (Å²) >= 11 is 0. The minimum absolute atomic E-state index is 0.0302. The van der Waals surface area contributed by atoms with Gasteiger partial charge in [0, 0.05) is 48.4 Å². The smallest absolute Gasteiger partial charge is 0.255 e. The first-order chi connectivity index (χ1) is 25.6. The zero-order chi connectivity index (χ0) is 37.4. The average Bonchev–Trinajstić information content (AvgIpc) is 3.81. The third-order valence-electron chi connectivity index (χ3n) is 10.4. The van der Waals surface area contributed by atoms with E-state index < -0.39 is 23.8 Å². The van der Waals surface area contributed by atoms with E-state index in [1.165, 1.54) is 18.1 Å². The number of likely N-dealkylation sites (N-methyl/N-ethyl adjacent to an activating group) is 1. The predicted molar refractivity (Wildman–Crippen MR) is 194 cm³/mol. The maximum atomic E-state index is 13.2. The number of carbonyl (C=O) groups is 6. The summed E-state index contributed by atoms with van der Waals surface area (Å²) in [5.74, 6) is -0.893. The van der Waals surface area contributed by atoms with E-state index in [4.69, 9.17) is 9.72 Å². The third-order valence-corrected chi connectivity index (χ3v) is 10.4. The molecule has 53 heavy (non-hydrogen) atoms. The first-order valence-electron chi connectivity index (χ1n) is 17.8. The Hall–Kier alpha value is -6.06. The van der Waals surface area contributed by atoms with E-state index in [2.05, 4.69) is 31.2 Å². The minimum atomic E-state index is -0.783. The summed E-state index contributed by atoms with van der Waals surface area (Å²) in [7, 11) is 3.22. The van der Waals surface area contributed by atoms with E-state index in [0.717, 1.165) is 25.7 Å². The van der Waals surface area contributed by atoms with Crippen molar-refractivity contribution >= 4 is 64.3 Å². The van der Waals surface area contributed by atoms with Crippen LogP contribution in [0.1, 0.15) is 78.1 Å². The van der Waals surface area contributed by atoms with Gasteiger partial charge in [-0.05, 0) is 56.0 Å². The van der Waals surface area contributed by atoms with Crippen LogP contribution < -0.4 is 35.8 Å². The molecule has 1 saturated heterocycles. The average molecular weight is 724 g/mol. The lowest BCUT2D eigenvalue weighted by atomic mass is 10.0. The van der Waals surface area contributed by atoms with Crippen LogP contribution in [0.25, 0.3) is 0 Å². The number of hydrogen-bond donors (Lipinski definition) is 4. The molecule has 1 aliphatic carbocycles. The number of hydrogen-bond acceptors (Lipinski definition) is 11. The molecule has 6 amide bonds. The van der Waals surface area contributed by atoms with Crippen LogP contribution in [0.2, 0.25) is 0 Å². The van der Waals surface area contributed by atoms with Gasteiger partial charge >= 0.3 is 0 Å². The molecular formula is C37H41N9O7. The third kappa shape index (κ3) is 6.71. The van der Waals surface area contributed by atoms with Crippen LogP contribution in [0.5, 0.6) is 5.75 Å². The molecule has 1 unspecified atom stereocenters. The molecule has 0 bridgehead atoms. The van der Waals surface area contributed by atoms with Gasteiger partial charge in [0.1, 0.15) is 23.5 Å². The molecule has 16 heteroatoms. The summed E-state index contributed by atoms with van der Waals surface area (Å²) in [6.07, 6.45) is 6.88. The highest BCUT2D eigenvalue weighted by molar-refractivity contribution is 6.07. The standard InChI is InChI=1S/C37H41N9O7/c1-4-26-36(52)44(2)28-17-39-37(43-32(28)46(26)21-8-5-6-9-21)41-25-13-12-20(16-29(25)53-3)33(49)38-18-31(48)40-24-11-7-10-22-23(24)19-45(35(22)51)27-14-15-30(47)42-34(27)50/h7,10-13,16-17,21,26-27H,4-6,8-9,14-15,18-19H2,1-3H3,(H,38,49)(H,40,48)(H,39,41,43)(H,42,47,50)/t26-,27?/m1/s1. The van der Waals surface area contributed by atoms with Crippen molar-refractivity contribution in [1.82, 2.24) is 25.5 Å².